The Hall–Kier alpha value is -2.02. The summed E-state index contributed by atoms with van der Waals surface area (Å²) in [5, 5.41) is 3.44. The van der Waals surface area contributed by atoms with Crippen LogP contribution in [0.4, 0.5) is 5.69 Å². The number of allylic oxidation sites excluding steroid dienone is 1. The van der Waals surface area contributed by atoms with E-state index in [4.69, 9.17) is 0 Å². The van der Waals surface area contributed by atoms with E-state index < -0.39 is 0 Å². The van der Waals surface area contributed by atoms with Crippen LogP contribution in [0.2, 0.25) is 0 Å². The maximum absolute atomic E-state index is 4.18. The van der Waals surface area contributed by atoms with Crippen LogP contribution in [0.3, 0.4) is 0 Å². The predicted molar refractivity (Wildman–Crippen MR) is 97.3 cm³/mol. The normalized spacial score (nSPS) is 11.3. The van der Waals surface area contributed by atoms with Gasteiger partial charge in [0.25, 0.3) is 0 Å². The van der Waals surface area contributed by atoms with Gasteiger partial charge >= 0.3 is 0 Å². The standard InChI is InChI=1S/C21H27N/c1-6-21(4,5)17(3)22-20-12-10-18(11-13-20)15-19-9-7-8-16(2)14-19/h7-14,22H,3,6,15H2,1-2,4-5H3. The fourth-order valence-electron chi connectivity index (χ4n) is 2.32. The molecule has 0 aromatic heterocycles. The highest BCUT2D eigenvalue weighted by Crippen LogP contribution is 2.29. The molecule has 0 atom stereocenters. The van der Waals surface area contributed by atoms with Crippen LogP contribution in [0.15, 0.2) is 60.8 Å². The average Bonchev–Trinajstić information content (AvgIpc) is 2.49. The monoisotopic (exact) mass is 293 g/mol. The fourth-order valence-corrected chi connectivity index (χ4v) is 2.32. The first-order valence-corrected chi connectivity index (χ1v) is 8.01. The van der Waals surface area contributed by atoms with Crippen LogP contribution in [0, 0.1) is 12.3 Å². The summed E-state index contributed by atoms with van der Waals surface area (Å²) in [7, 11) is 0. The zero-order chi connectivity index (χ0) is 16.2. The Labute approximate surface area is 135 Å². The van der Waals surface area contributed by atoms with Crippen molar-refractivity contribution in [3.8, 4) is 0 Å². The number of benzene rings is 2. The van der Waals surface area contributed by atoms with E-state index in [2.05, 4.69) is 88.1 Å². The topological polar surface area (TPSA) is 12.0 Å². The quantitative estimate of drug-likeness (QED) is 0.694. The van der Waals surface area contributed by atoms with Crippen LogP contribution < -0.4 is 5.32 Å². The van der Waals surface area contributed by atoms with Gasteiger partial charge in [0.1, 0.15) is 0 Å². The molecule has 0 aliphatic carbocycles. The van der Waals surface area contributed by atoms with Crippen molar-refractivity contribution in [1.82, 2.24) is 0 Å². The molecule has 22 heavy (non-hydrogen) atoms. The molecule has 0 heterocycles. The summed E-state index contributed by atoms with van der Waals surface area (Å²) in [6.45, 7) is 12.9. The van der Waals surface area contributed by atoms with Crippen LogP contribution in [0.5, 0.6) is 0 Å². The minimum absolute atomic E-state index is 0.111. The summed E-state index contributed by atoms with van der Waals surface area (Å²) in [5.41, 5.74) is 6.30. The van der Waals surface area contributed by atoms with Gasteiger partial charge in [-0.2, -0.15) is 0 Å². The Morgan fingerprint density at radius 2 is 1.73 bits per heavy atom. The molecular weight excluding hydrogens is 266 g/mol. The lowest BCUT2D eigenvalue weighted by atomic mass is 9.87. The van der Waals surface area contributed by atoms with E-state index in [9.17, 15) is 0 Å². The highest BCUT2D eigenvalue weighted by Gasteiger charge is 2.19. The Kier molecular flexibility index (Phi) is 5.07. The summed E-state index contributed by atoms with van der Waals surface area (Å²) < 4.78 is 0. The minimum Gasteiger partial charge on any atom is -0.359 e. The van der Waals surface area contributed by atoms with Gasteiger partial charge in [0.15, 0.2) is 0 Å². The van der Waals surface area contributed by atoms with Crippen LogP contribution in [-0.2, 0) is 6.42 Å². The molecule has 0 aliphatic heterocycles. The van der Waals surface area contributed by atoms with E-state index in [1.165, 1.54) is 16.7 Å². The van der Waals surface area contributed by atoms with Gasteiger partial charge in [-0.1, -0.05) is 69.3 Å². The van der Waals surface area contributed by atoms with Gasteiger partial charge in [-0.25, -0.2) is 0 Å². The van der Waals surface area contributed by atoms with Gasteiger partial charge in [-0.15, -0.1) is 0 Å². The predicted octanol–water partition coefficient (Wildman–Crippen LogP) is 5.95. The van der Waals surface area contributed by atoms with Gasteiger partial charge in [0.05, 0.1) is 0 Å². The largest absolute Gasteiger partial charge is 0.359 e. The van der Waals surface area contributed by atoms with Crippen molar-refractivity contribution < 1.29 is 0 Å². The first kappa shape index (κ1) is 16.4. The number of nitrogens with one attached hydrogen (secondary N) is 1. The molecule has 116 valence electrons. The molecule has 1 nitrogen and oxygen atoms in total. The summed E-state index contributed by atoms with van der Waals surface area (Å²) in [6, 6.07) is 17.4. The second kappa shape index (κ2) is 6.83. The molecule has 0 unspecified atom stereocenters. The van der Waals surface area contributed by atoms with Gasteiger partial charge in [0, 0.05) is 16.8 Å². The van der Waals surface area contributed by atoms with Crippen LogP contribution >= 0.6 is 0 Å². The Morgan fingerprint density at radius 3 is 2.32 bits per heavy atom. The minimum atomic E-state index is 0.111. The smallest absolute Gasteiger partial charge is 0.0381 e. The van der Waals surface area contributed by atoms with Gasteiger partial charge in [-0.3, -0.25) is 0 Å². The van der Waals surface area contributed by atoms with Gasteiger partial charge in [0.2, 0.25) is 0 Å². The Bertz CT molecular complexity index is 635. The van der Waals surface area contributed by atoms with Crippen molar-refractivity contribution in [3.05, 3.63) is 77.5 Å². The molecule has 2 rings (SSSR count). The summed E-state index contributed by atoms with van der Waals surface area (Å²) in [6.07, 6.45) is 2.05. The van der Waals surface area contributed by atoms with E-state index in [1.54, 1.807) is 0 Å². The Balaban J connectivity index is 2.03. The summed E-state index contributed by atoms with van der Waals surface area (Å²) in [5.74, 6) is 0. The second-order valence-electron chi connectivity index (χ2n) is 6.70. The first-order chi connectivity index (χ1) is 10.4. The van der Waals surface area contributed by atoms with E-state index >= 15 is 0 Å². The highest BCUT2D eigenvalue weighted by atomic mass is 14.9. The molecule has 2 aromatic rings. The van der Waals surface area contributed by atoms with Crippen molar-refractivity contribution in [2.75, 3.05) is 5.32 Å². The number of hydrogen-bond donors (Lipinski definition) is 1. The molecule has 0 saturated carbocycles. The molecule has 1 N–H and O–H groups in total. The van der Waals surface area contributed by atoms with Crippen LogP contribution in [0.25, 0.3) is 0 Å². The van der Waals surface area contributed by atoms with Gasteiger partial charge in [-0.05, 0) is 43.0 Å². The number of hydrogen-bond acceptors (Lipinski definition) is 1. The van der Waals surface area contributed by atoms with Gasteiger partial charge < -0.3 is 5.32 Å². The van der Waals surface area contributed by atoms with E-state index in [0.29, 0.717) is 0 Å². The Morgan fingerprint density at radius 1 is 1.05 bits per heavy atom. The third-order valence-corrected chi connectivity index (χ3v) is 4.44. The fraction of sp³-hybridized carbons (Fsp3) is 0.333. The zero-order valence-corrected chi connectivity index (χ0v) is 14.2. The highest BCUT2D eigenvalue weighted by molar-refractivity contribution is 5.50. The third-order valence-electron chi connectivity index (χ3n) is 4.44. The lowest BCUT2D eigenvalue weighted by Gasteiger charge is -2.26. The molecule has 0 radical (unpaired) electrons. The zero-order valence-electron chi connectivity index (χ0n) is 14.2. The van der Waals surface area contributed by atoms with Crippen LogP contribution in [-0.4, -0.2) is 0 Å². The van der Waals surface area contributed by atoms with E-state index in [0.717, 1.165) is 24.2 Å². The van der Waals surface area contributed by atoms with E-state index in [1.807, 2.05) is 0 Å². The molecule has 0 amide bonds. The van der Waals surface area contributed by atoms with Crippen molar-refractivity contribution in [1.29, 1.82) is 0 Å². The summed E-state index contributed by atoms with van der Waals surface area (Å²) in [4.78, 5) is 0. The molecular formula is C21H27N. The van der Waals surface area contributed by atoms with Crippen molar-refractivity contribution in [2.24, 2.45) is 5.41 Å². The summed E-state index contributed by atoms with van der Waals surface area (Å²) >= 11 is 0. The average molecular weight is 293 g/mol. The lowest BCUT2D eigenvalue weighted by molar-refractivity contribution is 0.434. The molecule has 1 heteroatoms. The second-order valence-corrected chi connectivity index (χ2v) is 6.70. The maximum Gasteiger partial charge on any atom is 0.0381 e. The van der Waals surface area contributed by atoms with E-state index in [-0.39, 0.29) is 5.41 Å². The number of aryl methyl sites for hydroxylation is 1. The molecule has 0 saturated heterocycles. The number of anilines is 1. The molecule has 0 spiro atoms. The number of rotatable bonds is 6. The SMILES string of the molecule is C=C(Nc1ccc(Cc2cccc(C)c2)cc1)C(C)(C)CC. The van der Waals surface area contributed by atoms with Crippen LogP contribution in [0.1, 0.15) is 43.9 Å². The molecule has 0 bridgehead atoms. The molecule has 0 fully saturated rings. The van der Waals surface area contributed by atoms with Crippen molar-refractivity contribution in [3.63, 3.8) is 0 Å². The maximum atomic E-state index is 4.18. The molecule has 0 aliphatic rings. The third kappa shape index (κ3) is 4.24. The molecule has 2 aromatic carbocycles. The van der Waals surface area contributed by atoms with Crippen molar-refractivity contribution >= 4 is 5.69 Å². The first-order valence-electron chi connectivity index (χ1n) is 8.01. The van der Waals surface area contributed by atoms with Crippen molar-refractivity contribution in [2.45, 2.75) is 40.5 Å². The lowest BCUT2D eigenvalue weighted by Crippen LogP contribution is -2.18.